The second-order valence-electron chi connectivity index (χ2n) is 6.35. The summed E-state index contributed by atoms with van der Waals surface area (Å²) < 4.78 is 27.4. The Bertz CT molecular complexity index is 818. The van der Waals surface area contributed by atoms with Gasteiger partial charge in [0.05, 0.1) is 12.1 Å². The fraction of sp³-hybridized carbons (Fsp3) is 0.556. The van der Waals surface area contributed by atoms with E-state index in [1.807, 2.05) is 24.8 Å². The van der Waals surface area contributed by atoms with Crippen molar-refractivity contribution in [3.63, 3.8) is 0 Å². The Labute approximate surface area is 166 Å². The Hall–Kier alpha value is -1.66. The van der Waals surface area contributed by atoms with Gasteiger partial charge in [0.25, 0.3) is 0 Å². The highest BCUT2D eigenvalue weighted by molar-refractivity contribution is 7.89. The number of rotatable bonds is 6. The minimum Gasteiger partial charge on any atom is -0.342 e. The maximum atomic E-state index is 13.0. The number of likely N-dealkylation sites (N-methyl/N-ethyl adjacent to an activating group) is 1. The van der Waals surface area contributed by atoms with Crippen molar-refractivity contribution in [3.05, 3.63) is 28.8 Å². The molecule has 0 radical (unpaired) electrons. The fourth-order valence-corrected chi connectivity index (χ4v) is 5.03. The molecule has 1 aromatic rings. The number of hydrogen-bond acceptors (Lipinski definition) is 5. The van der Waals surface area contributed by atoms with Crippen LogP contribution in [0.4, 0.5) is 0 Å². The number of nitriles is 1. The molecule has 0 saturated carbocycles. The lowest BCUT2D eigenvalue weighted by atomic mass is 10.2. The van der Waals surface area contributed by atoms with Crippen molar-refractivity contribution in [2.45, 2.75) is 25.2 Å². The number of carbonyl (C=O) groups excluding carboxylic acids is 1. The van der Waals surface area contributed by atoms with Crippen molar-refractivity contribution in [1.29, 1.82) is 5.26 Å². The first-order chi connectivity index (χ1) is 12.8. The maximum Gasteiger partial charge on any atom is 0.244 e. The van der Waals surface area contributed by atoms with E-state index >= 15 is 0 Å². The zero-order valence-electron chi connectivity index (χ0n) is 15.7. The van der Waals surface area contributed by atoms with Crippen LogP contribution in [0.5, 0.6) is 0 Å². The number of benzene rings is 1. The molecule has 1 amide bonds. The Morgan fingerprint density at radius 1 is 1.22 bits per heavy atom. The average molecular weight is 413 g/mol. The molecule has 1 aromatic carbocycles. The number of halogens is 1. The summed E-state index contributed by atoms with van der Waals surface area (Å²) >= 11 is 5.95. The summed E-state index contributed by atoms with van der Waals surface area (Å²) in [5, 5.41) is 9.51. The summed E-state index contributed by atoms with van der Waals surface area (Å²) in [6.45, 7) is 7.22. The van der Waals surface area contributed by atoms with Gasteiger partial charge in [-0.25, -0.2) is 8.42 Å². The third kappa shape index (κ3) is 5.20. The second kappa shape index (κ2) is 9.51. The molecule has 0 atom stereocenters. The molecule has 27 heavy (non-hydrogen) atoms. The highest BCUT2D eigenvalue weighted by atomic mass is 35.5. The Morgan fingerprint density at radius 2 is 1.93 bits per heavy atom. The van der Waals surface area contributed by atoms with Crippen molar-refractivity contribution in [2.75, 3.05) is 45.8 Å². The van der Waals surface area contributed by atoms with E-state index in [1.54, 1.807) is 4.90 Å². The molecule has 0 bridgehead atoms. The quantitative estimate of drug-likeness (QED) is 0.710. The molecule has 1 aliphatic rings. The second-order valence-corrected chi connectivity index (χ2v) is 8.69. The highest BCUT2D eigenvalue weighted by Crippen LogP contribution is 2.24. The van der Waals surface area contributed by atoms with Gasteiger partial charge in [0.15, 0.2) is 0 Å². The van der Waals surface area contributed by atoms with Crippen LogP contribution in [-0.2, 0) is 14.8 Å². The van der Waals surface area contributed by atoms with Gasteiger partial charge in [-0.3, -0.25) is 9.69 Å². The number of sulfonamides is 1. The SMILES string of the molecule is CCN(CC)C(=O)CN1CCCN(S(=O)(=O)c2cc(Cl)ccc2C#N)CC1. The topological polar surface area (TPSA) is 84.7 Å². The van der Waals surface area contributed by atoms with Crippen molar-refractivity contribution in [1.82, 2.24) is 14.1 Å². The lowest BCUT2D eigenvalue weighted by molar-refractivity contribution is -0.132. The van der Waals surface area contributed by atoms with Crippen LogP contribution in [0, 0.1) is 11.3 Å². The van der Waals surface area contributed by atoms with Gasteiger partial charge in [0.1, 0.15) is 11.0 Å². The predicted molar refractivity (Wildman–Crippen MR) is 104 cm³/mol. The minimum absolute atomic E-state index is 0.0536. The Kier molecular flexibility index (Phi) is 7.62. The van der Waals surface area contributed by atoms with Crippen LogP contribution in [-0.4, -0.2) is 74.2 Å². The summed E-state index contributed by atoms with van der Waals surface area (Å²) in [5.74, 6) is 0.0536. The fourth-order valence-electron chi connectivity index (χ4n) is 3.15. The van der Waals surface area contributed by atoms with E-state index in [9.17, 15) is 18.5 Å². The van der Waals surface area contributed by atoms with Crippen LogP contribution in [0.1, 0.15) is 25.8 Å². The first-order valence-electron chi connectivity index (χ1n) is 9.03. The van der Waals surface area contributed by atoms with Crippen LogP contribution < -0.4 is 0 Å². The van der Waals surface area contributed by atoms with E-state index in [0.717, 1.165) is 0 Å². The van der Waals surface area contributed by atoms with Crippen LogP contribution in [0.15, 0.2) is 23.1 Å². The van der Waals surface area contributed by atoms with Gasteiger partial charge < -0.3 is 4.90 Å². The lowest BCUT2D eigenvalue weighted by Gasteiger charge is -2.25. The molecule has 0 aromatic heterocycles. The number of nitrogens with zero attached hydrogens (tertiary/aromatic N) is 4. The summed E-state index contributed by atoms with van der Waals surface area (Å²) in [5.41, 5.74) is 0.0808. The van der Waals surface area contributed by atoms with Crippen LogP contribution in [0.25, 0.3) is 0 Å². The predicted octanol–water partition coefficient (Wildman–Crippen LogP) is 1.78. The molecular formula is C18H25ClN4O3S. The van der Waals surface area contributed by atoms with E-state index in [-0.39, 0.29) is 34.5 Å². The zero-order chi connectivity index (χ0) is 20.0. The van der Waals surface area contributed by atoms with Gasteiger partial charge in [-0.1, -0.05) is 11.6 Å². The number of hydrogen-bond donors (Lipinski definition) is 0. The molecule has 0 unspecified atom stereocenters. The molecule has 1 saturated heterocycles. The van der Waals surface area contributed by atoms with E-state index < -0.39 is 10.0 Å². The summed E-state index contributed by atoms with van der Waals surface area (Å²) in [7, 11) is -3.82. The molecule has 2 rings (SSSR count). The molecule has 1 heterocycles. The highest BCUT2D eigenvalue weighted by Gasteiger charge is 2.30. The summed E-state index contributed by atoms with van der Waals surface area (Å²) in [4.78, 5) is 16.0. The Balaban J connectivity index is 2.13. The molecule has 0 spiro atoms. The van der Waals surface area contributed by atoms with Crippen LogP contribution in [0.3, 0.4) is 0 Å². The van der Waals surface area contributed by atoms with Gasteiger partial charge >= 0.3 is 0 Å². The van der Waals surface area contributed by atoms with E-state index in [2.05, 4.69) is 0 Å². The number of carbonyl (C=O) groups is 1. The van der Waals surface area contributed by atoms with Crippen LogP contribution >= 0.6 is 11.6 Å². The van der Waals surface area contributed by atoms with Crippen molar-refractivity contribution in [2.24, 2.45) is 0 Å². The van der Waals surface area contributed by atoms with Crippen molar-refractivity contribution in [3.8, 4) is 6.07 Å². The molecule has 148 valence electrons. The first-order valence-corrected chi connectivity index (χ1v) is 10.8. The average Bonchev–Trinajstić information content (AvgIpc) is 2.88. The Morgan fingerprint density at radius 3 is 2.56 bits per heavy atom. The monoisotopic (exact) mass is 412 g/mol. The van der Waals surface area contributed by atoms with Gasteiger partial charge in [-0.05, 0) is 45.0 Å². The smallest absolute Gasteiger partial charge is 0.244 e. The largest absolute Gasteiger partial charge is 0.342 e. The third-order valence-corrected chi connectivity index (χ3v) is 6.88. The lowest BCUT2D eigenvalue weighted by Crippen LogP contribution is -2.42. The molecule has 0 N–H and O–H groups in total. The van der Waals surface area contributed by atoms with Crippen LogP contribution in [0.2, 0.25) is 5.02 Å². The molecule has 1 aliphatic heterocycles. The van der Waals surface area contributed by atoms with E-state index in [4.69, 9.17) is 11.6 Å². The van der Waals surface area contributed by atoms with Gasteiger partial charge in [-0.2, -0.15) is 9.57 Å². The van der Waals surface area contributed by atoms with Crippen molar-refractivity contribution >= 4 is 27.5 Å². The summed E-state index contributed by atoms with van der Waals surface area (Å²) in [6.07, 6.45) is 0.618. The van der Waals surface area contributed by atoms with Crippen molar-refractivity contribution < 1.29 is 13.2 Å². The van der Waals surface area contributed by atoms with Gasteiger partial charge in [0, 0.05) is 37.7 Å². The standard InChI is InChI=1S/C18H25ClN4O3S/c1-3-22(4-2)18(24)14-21-8-5-9-23(11-10-21)27(25,26)17-12-16(19)7-6-15(17)13-20/h6-7,12H,3-5,8-11,14H2,1-2H3. The summed E-state index contributed by atoms with van der Waals surface area (Å²) in [6, 6.07) is 6.16. The third-order valence-electron chi connectivity index (χ3n) is 4.70. The normalized spacial score (nSPS) is 16.5. The first kappa shape index (κ1) is 21.6. The van der Waals surface area contributed by atoms with E-state index in [0.29, 0.717) is 39.1 Å². The van der Waals surface area contributed by atoms with Gasteiger partial charge in [0.2, 0.25) is 15.9 Å². The molecule has 1 fully saturated rings. The molecule has 7 nitrogen and oxygen atoms in total. The maximum absolute atomic E-state index is 13.0. The van der Waals surface area contributed by atoms with Gasteiger partial charge in [-0.15, -0.1) is 0 Å². The molecular weight excluding hydrogens is 388 g/mol. The molecule has 9 heteroatoms. The molecule has 0 aliphatic carbocycles. The van der Waals surface area contributed by atoms with E-state index in [1.165, 1.54) is 22.5 Å². The zero-order valence-corrected chi connectivity index (χ0v) is 17.3. The number of amides is 1. The minimum atomic E-state index is -3.82.